The van der Waals surface area contributed by atoms with E-state index >= 15 is 0 Å². The van der Waals surface area contributed by atoms with Gasteiger partial charge in [-0.15, -0.1) is 0 Å². The number of benzene rings is 2. The highest BCUT2D eigenvalue weighted by Crippen LogP contribution is 2.31. The van der Waals surface area contributed by atoms with Crippen LogP contribution in [0.3, 0.4) is 0 Å². The maximum absolute atomic E-state index is 12.6. The number of nitrogens with one attached hydrogen (secondary N) is 2. The van der Waals surface area contributed by atoms with E-state index in [-0.39, 0.29) is 5.91 Å². The Labute approximate surface area is 144 Å². The van der Waals surface area contributed by atoms with E-state index in [2.05, 4.69) is 10.6 Å². The first-order chi connectivity index (χ1) is 11.9. The molecule has 0 heterocycles. The fourth-order valence-electron chi connectivity index (χ4n) is 2.50. The summed E-state index contributed by atoms with van der Waals surface area (Å²) in [4.78, 5) is 11.8. The molecule has 6 heteroatoms. The van der Waals surface area contributed by atoms with Crippen molar-refractivity contribution < 1.29 is 18.0 Å². The zero-order valence-electron chi connectivity index (χ0n) is 13.6. The average Bonchev–Trinajstić information content (AvgIpc) is 3.42. The lowest BCUT2D eigenvalue weighted by Crippen LogP contribution is -2.34. The molecule has 1 aliphatic rings. The smallest absolute Gasteiger partial charge is 0.351 e. The summed E-state index contributed by atoms with van der Waals surface area (Å²) in [6, 6.07) is 13.0. The Kier molecular flexibility index (Phi) is 5.08. The lowest BCUT2D eigenvalue weighted by molar-refractivity contribution is -0.137. The van der Waals surface area contributed by atoms with Gasteiger partial charge in [0, 0.05) is 12.6 Å². The van der Waals surface area contributed by atoms with Gasteiger partial charge in [-0.2, -0.15) is 13.2 Å². The van der Waals surface area contributed by atoms with Crippen LogP contribution >= 0.6 is 0 Å². The van der Waals surface area contributed by atoms with Gasteiger partial charge < -0.3 is 10.6 Å². The van der Waals surface area contributed by atoms with Crippen LogP contribution in [0.2, 0.25) is 0 Å². The van der Waals surface area contributed by atoms with Gasteiger partial charge in [0.1, 0.15) is 0 Å². The molecule has 2 aromatic carbocycles. The summed E-state index contributed by atoms with van der Waals surface area (Å²) >= 11 is 0. The van der Waals surface area contributed by atoms with Crippen LogP contribution in [0.1, 0.15) is 24.0 Å². The fraction of sp³-hybridized carbons (Fsp3) is 0.316. The van der Waals surface area contributed by atoms with Crippen molar-refractivity contribution in [3.05, 3.63) is 59.7 Å². The summed E-state index contributed by atoms with van der Waals surface area (Å²) in [5.41, 5.74) is 1.76. The van der Waals surface area contributed by atoms with Crippen LogP contribution in [0.15, 0.2) is 48.5 Å². The lowest BCUT2D eigenvalue weighted by atomic mass is 10.0. The van der Waals surface area contributed by atoms with Crippen LogP contribution in [-0.4, -0.2) is 18.5 Å². The molecular formula is C19H19F3N2O. The monoisotopic (exact) mass is 348 g/mol. The number of carbonyl (C=O) groups is 1. The first kappa shape index (κ1) is 17.5. The van der Waals surface area contributed by atoms with Gasteiger partial charge in [0.2, 0.25) is 5.91 Å². The van der Waals surface area contributed by atoms with Crippen molar-refractivity contribution >= 4 is 5.91 Å². The normalized spacial score (nSPS) is 14.4. The summed E-state index contributed by atoms with van der Waals surface area (Å²) in [5.74, 6) is -0.0631. The van der Waals surface area contributed by atoms with Gasteiger partial charge in [-0.05, 0) is 47.7 Å². The minimum atomic E-state index is -4.33. The number of amides is 1. The third kappa shape index (κ3) is 5.06. The van der Waals surface area contributed by atoms with Gasteiger partial charge in [-0.3, -0.25) is 4.79 Å². The summed E-state index contributed by atoms with van der Waals surface area (Å²) in [7, 11) is 0. The molecule has 1 aliphatic carbocycles. The van der Waals surface area contributed by atoms with E-state index < -0.39 is 11.7 Å². The highest BCUT2D eigenvalue weighted by Gasteiger charge is 2.29. The molecule has 132 valence electrons. The molecule has 3 rings (SSSR count). The van der Waals surface area contributed by atoms with Crippen molar-refractivity contribution in [3.8, 4) is 11.1 Å². The summed E-state index contributed by atoms with van der Waals surface area (Å²) < 4.78 is 37.9. The van der Waals surface area contributed by atoms with Gasteiger partial charge in [0.15, 0.2) is 0 Å². The van der Waals surface area contributed by atoms with Gasteiger partial charge in [-0.1, -0.05) is 30.3 Å². The second-order valence-electron chi connectivity index (χ2n) is 6.21. The number of hydrogen-bond donors (Lipinski definition) is 2. The largest absolute Gasteiger partial charge is 0.416 e. The van der Waals surface area contributed by atoms with E-state index in [0.29, 0.717) is 24.7 Å². The van der Waals surface area contributed by atoms with E-state index in [4.69, 9.17) is 0 Å². The van der Waals surface area contributed by atoms with Crippen molar-refractivity contribution in [2.75, 3.05) is 6.54 Å². The zero-order valence-corrected chi connectivity index (χ0v) is 13.6. The highest BCUT2D eigenvalue weighted by atomic mass is 19.4. The average molecular weight is 348 g/mol. The van der Waals surface area contributed by atoms with Crippen LogP contribution in [0.5, 0.6) is 0 Å². The quantitative estimate of drug-likeness (QED) is 0.835. The van der Waals surface area contributed by atoms with Gasteiger partial charge in [0.25, 0.3) is 0 Å². The predicted molar refractivity (Wildman–Crippen MR) is 89.8 cm³/mol. The topological polar surface area (TPSA) is 41.1 Å². The molecule has 0 radical (unpaired) electrons. The second-order valence-corrected chi connectivity index (χ2v) is 6.21. The standard InChI is InChI=1S/C19H19F3N2O/c20-19(21,22)16-6-4-14(5-7-16)15-3-1-2-13(10-15)11-24-18(25)12-23-17-8-9-17/h1-7,10,17,23H,8-9,11-12H2,(H,24,25). The number of alkyl halides is 3. The summed E-state index contributed by atoms with van der Waals surface area (Å²) in [5, 5.41) is 5.98. The number of hydrogen-bond acceptors (Lipinski definition) is 2. The minimum absolute atomic E-state index is 0.0631. The van der Waals surface area contributed by atoms with Gasteiger partial charge in [-0.25, -0.2) is 0 Å². The van der Waals surface area contributed by atoms with Crippen LogP contribution in [0.4, 0.5) is 13.2 Å². The van der Waals surface area contributed by atoms with Crippen molar-refractivity contribution in [3.63, 3.8) is 0 Å². The Balaban J connectivity index is 1.61. The predicted octanol–water partition coefficient (Wildman–Crippen LogP) is 3.74. The van der Waals surface area contributed by atoms with Crippen LogP contribution < -0.4 is 10.6 Å². The molecule has 1 amide bonds. The van der Waals surface area contributed by atoms with Crippen LogP contribution in [0, 0.1) is 0 Å². The molecule has 25 heavy (non-hydrogen) atoms. The number of carbonyl (C=O) groups excluding carboxylic acids is 1. The molecule has 0 aromatic heterocycles. The molecule has 0 aliphatic heterocycles. The van der Waals surface area contributed by atoms with Crippen LogP contribution in [0.25, 0.3) is 11.1 Å². The van der Waals surface area contributed by atoms with E-state index in [1.165, 1.54) is 12.1 Å². The molecule has 0 unspecified atom stereocenters. The maximum atomic E-state index is 12.6. The maximum Gasteiger partial charge on any atom is 0.416 e. The molecule has 3 nitrogen and oxygen atoms in total. The second kappa shape index (κ2) is 7.27. The van der Waals surface area contributed by atoms with Crippen molar-refractivity contribution in [1.29, 1.82) is 0 Å². The summed E-state index contributed by atoms with van der Waals surface area (Å²) in [6.45, 7) is 0.697. The van der Waals surface area contributed by atoms with Crippen molar-refractivity contribution in [1.82, 2.24) is 10.6 Å². The summed E-state index contributed by atoms with van der Waals surface area (Å²) in [6.07, 6.45) is -2.08. The Bertz CT molecular complexity index is 737. The van der Waals surface area contributed by atoms with Crippen molar-refractivity contribution in [2.24, 2.45) is 0 Å². The Morgan fingerprint density at radius 3 is 2.40 bits per heavy atom. The van der Waals surface area contributed by atoms with E-state index in [1.54, 1.807) is 0 Å². The highest BCUT2D eigenvalue weighted by molar-refractivity contribution is 5.78. The molecular weight excluding hydrogens is 329 g/mol. The van der Waals surface area contributed by atoms with E-state index in [0.717, 1.165) is 36.1 Å². The van der Waals surface area contributed by atoms with Crippen LogP contribution in [-0.2, 0) is 17.5 Å². The molecule has 0 bridgehead atoms. The Hall–Kier alpha value is -2.34. The van der Waals surface area contributed by atoms with E-state index in [1.807, 2.05) is 24.3 Å². The first-order valence-corrected chi connectivity index (χ1v) is 8.18. The van der Waals surface area contributed by atoms with Crippen molar-refractivity contribution in [2.45, 2.75) is 31.6 Å². The molecule has 2 aromatic rings. The first-order valence-electron chi connectivity index (χ1n) is 8.18. The number of halogens is 3. The Morgan fingerprint density at radius 2 is 1.76 bits per heavy atom. The number of rotatable bonds is 6. The fourth-order valence-corrected chi connectivity index (χ4v) is 2.50. The van der Waals surface area contributed by atoms with E-state index in [9.17, 15) is 18.0 Å². The third-order valence-corrected chi connectivity index (χ3v) is 4.09. The molecule has 1 fully saturated rings. The van der Waals surface area contributed by atoms with Gasteiger partial charge >= 0.3 is 6.18 Å². The minimum Gasteiger partial charge on any atom is -0.351 e. The molecule has 0 saturated heterocycles. The molecule has 0 atom stereocenters. The SMILES string of the molecule is O=C(CNC1CC1)NCc1cccc(-c2ccc(C(F)(F)F)cc2)c1. The third-order valence-electron chi connectivity index (χ3n) is 4.09. The zero-order chi connectivity index (χ0) is 17.9. The molecule has 0 spiro atoms. The Morgan fingerprint density at radius 1 is 1.04 bits per heavy atom. The molecule has 2 N–H and O–H groups in total. The van der Waals surface area contributed by atoms with Gasteiger partial charge in [0.05, 0.1) is 12.1 Å². The lowest BCUT2D eigenvalue weighted by Gasteiger charge is -2.10. The molecule has 1 saturated carbocycles.